The minimum absolute atomic E-state index is 0.180. The van der Waals surface area contributed by atoms with E-state index in [2.05, 4.69) is 45.5 Å². The molecule has 158 valence electrons. The summed E-state index contributed by atoms with van der Waals surface area (Å²) in [7, 11) is 0. The first-order valence-electron chi connectivity index (χ1n) is 9.38. The van der Waals surface area contributed by atoms with Gasteiger partial charge >= 0.3 is 0 Å². The second-order valence-corrected chi connectivity index (χ2v) is 10.9. The van der Waals surface area contributed by atoms with E-state index in [1.807, 2.05) is 6.07 Å². The number of amides is 2. The largest absolute Gasteiger partial charge is 0.382 e. The Morgan fingerprint density at radius 3 is 2.50 bits per heavy atom. The number of aliphatic hydroxyl groups excluding tert-OH is 1. The van der Waals surface area contributed by atoms with Crippen LogP contribution in [0.3, 0.4) is 0 Å². The van der Waals surface area contributed by atoms with Crippen molar-refractivity contribution >= 4 is 35.3 Å². The summed E-state index contributed by atoms with van der Waals surface area (Å²) in [6, 6.07) is 6.53. The molecular weight excluding hydrogens is 394 g/mol. The second kappa shape index (κ2) is 11.7. The highest BCUT2D eigenvalue weighted by Crippen LogP contribution is 2.27. The fourth-order valence-corrected chi connectivity index (χ4v) is 3.95. The predicted molar refractivity (Wildman–Crippen MR) is 118 cm³/mol. The SMILES string of the molecule is CC(C)SCCC(N)C(O)C(=O)NNC(=O)c1cccc(SCC(C)(C)C)c1. The van der Waals surface area contributed by atoms with Gasteiger partial charge in [-0.3, -0.25) is 20.4 Å². The van der Waals surface area contributed by atoms with Crippen molar-refractivity contribution in [3.63, 3.8) is 0 Å². The van der Waals surface area contributed by atoms with Gasteiger partial charge in [0.25, 0.3) is 11.8 Å². The second-order valence-electron chi connectivity index (χ2n) is 8.14. The van der Waals surface area contributed by atoms with Crippen molar-refractivity contribution in [2.24, 2.45) is 11.1 Å². The molecule has 0 saturated carbocycles. The Kier molecular flexibility index (Phi) is 10.4. The van der Waals surface area contributed by atoms with Crippen molar-refractivity contribution < 1.29 is 14.7 Å². The van der Waals surface area contributed by atoms with E-state index in [9.17, 15) is 14.7 Å². The maximum Gasteiger partial charge on any atom is 0.269 e. The normalized spacial score (nSPS) is 13.9. The molecule has 0 aromatic heterocycles. The Hall–Kier alpha value is -1.22. The molecule has 1 aromatic rings. The number of aliphatic hydroxyl groups is 1. The number of hydrazine groups is 1. The van der Waals surface area contributed by atoms with E-state index >= 15 is 0 Å². The van der Waals surface area contributed by atoms with Crippen molar-refractivity contribution in [1.82, 2.24) is 10.9 Å². The molecule has 2 amide bonds. The van der Waals surface area contributed by atoms with Crippen LogP contribution in [0.5, 0.6) is 0 Å². The van der Waals surface area contributed by atoms with Gasteiger partial charge in [-0.2, -0.15) is 11.8 Å². The number of thioether (sulfide) groups is 2. The molecule has 0 aliphatic rings. The molecular formula is C20H33N3O3S2. The number of benzene rings is 1. The number of carbonyl (C=O) groups excluding carboxylic acids is 2. The first-order chi connectivity index (χ1) is 13.0. The van der Waals surface area contributed by atoms with Gasteiger partial charge in [0.15, 0.2) is 0 Å². The van der Waals surface area contributed by atoms with Crippen molar-refractivity contribution in [3.8, 4) is 0 Å². The average molecular weight is 428 g/mol. The van der Waals surface area contributed by atoms with Gasteiger partial charge in [-0.1, -0.05) is 40.7 Å². The van der Waals surface area contributed by atoms with Crippen LogP contribution >= 0.6 is 23.5 Å². The first kappa shape index (κ1) is 24.8. The van der Waals surface area contributed by atoms with Crippen LogP contribution in [0.4, 0.5) is 0 Å². The zero-order valence-corrected chi connectivity index (χ0v) is 19.0. The molecule has 2 atom stereocenters. The lowest BCUT2D eigenvalue weighted by Gasteiger charge is -2.19. The maximum atomic E-state index is 12.3. The summed E-state index contributed by atoms with van der Waals surface area (Å²) in [4.78, 5) is 25.3. The fourth-order valence-electron chi connectivity index (χ4n) is 2.08. The lowest BCUT2D eigenvalue weighted by atomic mass is 10.0. The summed E-state index contributed by atoms with van der Waals surface area (Å²) >= 11 is 3.39. The van der Waals surface area contributed by atoms with Gasteiger partial charge in [0.2, 0.25) is 0 Å². The third-order valence-corrected chi connectivity index (χ3v) is 6.38. The van der Waals surface area contributed by atoms with E-state index in [1.165, 1.54) is 0 Å². The number of hydrogen-bond donors (Lipinski definition) is 4. The standard InChI is InChI=1S/C20H33N3O3S2/c1-13(2)27-10-9-16(21)17(24)19(26)23-22-18(25)14-7-6-8-15(11-14)28-12-20(3,4)5/h6-8,11,13,16-17,24H,9-10,12,21H2,1-5H3,(H,22,25)(H,23,26). The minimum Gasteiger partial charge on any atom is -0.382 e. The first-order valence-corrected chi connectivity index (χ1v) is 11.4. The Labute approximate surface area is 176 Å². The van der Waals surface area contributed by atoms with Crippen LogP contribution in [0.1, 0.15) is 51.4 Å². The molecule has 1 rings (SSSR count). The lowest BCUT2D eigenvalue weighted by Crippen LogP contribution is -2.52. The Bertz CT molecular complexity index is 648. The molecule has 1 aromatic carbocycles. The van der Waals surface area contributed by atoms with E-state index < -0.39 is 24.0 Å². The molecule has 0 radical (unpaired) electrons. The van der Waals surface area contributed by atoms with Gasteiger partial charge in [-0.25, -0.2) is 0 Å². The van der Waals surface area contributed by atoms with Gasteiger partial charge in [-0.05, 0) is 41.0 Å². The van der Waals surface area contributed by atoms with Crippen LogP contribution in [0.2, 0.25) is 0 Å². The quantitative estimate of drug-likeness (QED) is 0.357. The zero-order chi connectivity index (χ0) is 21.3. The molecule has 0 fully saturated rings. The molecule has 28 heavy (non-hydrogen) atoms. The number of rotatable bonds is 9. The lowest BCUT2D eigenvalue weighted by molar-refractivity contribution is -0.131. The van der Waals surface area contributed by atoms with Gasteiger partial charge in [0, 0.05) is 22.3 Å². The highest BCUT2D eigenvalue weighted by Gasteiger charge is 2.23. The summed E-state index contributed by atoms with van der Waals surface area (Å²) in [5.41, 5.74) is 11.1. The number of hydrogen-bond acceptors (Lipinski definition) is 6. The van der Waals surface area contributed by atoms with Crippen molar-refractivity contribution in [3.05, 3.63) is 29.8 Å². The monoisotopic (exact) mass is 427 g/mol. The Balaban J connectivity index is 2.51. The molecule has 6 nitrogen and oxygen atoms in total. The van der Waals surface area contributed by atoms with Crippen LogP contribution in [-0.2, 0) is 4.79 Å². The maximum absolute atomic E-state index is 12.3. The summed E-state index contributed by atoms with van der Waals surface area (Å²) in [5.74, 6) is 0.527. The summed E-state index contributed by atoms with van der Waals surface area (Å²) in [6.07, 6.45) is -0.861. The number of carbonyl (C=O) groups is 2. The van der Waals surface area contributed by atoms with Gasteiger partial charge in [0.1, 0.15) is 6.10 Å². The van der Waals surface area contributed by atoms with Gasteiger partial charge in [0.05, 0.1) is 0 Å². The Morgan fingerprint density at radius 2 is 1.89 bits per heavy atom. The van der Waals surface area contributed by atoms with E-state index in [4.69, 9.17) is 5.73 Å². The molecule has 5 N–H and O–H groups in total. The molecule has 0 bridgehead atoms. The van der Waals surface area contributed by atoms with Crippen molar-refractivity contribution in [2.75, 3.05) is 11.5 Å². The zero-order valence-electron chi connectivity index (χ0n) is 17.3. The van der Waals surface area contributed by atoms with E-state index in [0.717, 1.165) is 16.4 Å². The van der Waals surface area contributed by atoms with E-state index in [-0.39, 0.29) is 5.41 Å². The highest BCUT2D eigenvalue weighted by atomic mass is 32.2. The molecule has 2 unspecified atom stereocenters. The highest BCUT2D eigenvalue weighted by molar-refractivity contribution is 7.99. The average Bonchev–Trinajstić information content (AvgIpc) is 2.62. The van der Waals surface area contributed by atoms with E-state index in [1.54, 1.807) is 41.7 Å². The van der Waals surface area contributed by atoms with Crippen LogP contribution in [0.25, 0.3) is 0 Å². The predicted octanol–water partition coefficient (Wildman–Crippen LogP) is 2.81. The molecule has 8 heteroatoms. The molecule has 0 aliphatic carbocycles. The summed E-state index contributed by atoms with van der Waals surface area (Å²) in [5, 5.41) is 10.5. The van der Waals surface area contributed by atoms with Crippen LogP contribution in [-0.4, -0.2) is 45.8 Å². The van der Waals surface area contributed by atoms with Crippen molar-refractivity contribution in [1.29, 1.82) is 0 Å². The van der Waals surface area contributed by atoms with Gasteiger partial charge in [-0.15, -0.1) is 11.8 Å². The molecule has 0 saturated heterocycles. The molecule has 0 heterocycles. The third kappa shape index (κ3) is 9.82. The smallest absolute Gasteiger partial charge is 0.269 e. The minimum atomic E-state index is -1.37. The van der Waals surface area contributed by atoms with Crippen LogP contribution < -0.4 is 16.6 Å². The number of nitrogens with two attached hydrogens (primary N) is 1. The van der Waals surface area contributed by atoms with Crippen LogP contribution in [0, 0.1) is 5.41 Å². The van der Waals surface area contributed by atoms with Crippen molar-refractivity contribution in [2.45, 2.75) is 63.3 Å². The third-order valence-electron chi connectivity index (χ3n) is 3.64. The molecule has 0 aliphatic heterocycles. The van der Waals surface area contributed by atoms with Gasteiger partial charge < -0.3 is 10.8 Å². The number of nitrogens with one attached hydrogen (secondary N) is 2. The van der Waals surface area contributed by atoms with Crippen LogP contribution in [0.15, 0.2) is 29.2 Å². The Morgan fingerprint density at radius 1 is 1.21 bits per heavy atom. The summed E-state index contributed by atoms with van der Waals surface area (Å²) in [6.45, 7) is 10.6. The summed E-state index contributed by atoms with van der Waals surface area (Å²) < 4.78 is 0. The van der Waals surface area contributed by atoms with E-state index in [0.29, 0.717) is 17.2 Å². The topological polar surface area (TPSA) is 104 Å². The molecule has 0 spiro atoms. The fraction of sp³-hybridized carbons (Fsp3) is 0.600.